The molecule has 0 saturated heterocycles. The van der Waals surface area contributed by atoms with Gasteiger partial charge in [-0.15, -0.1) is 0 Å². The Kier molecular flexibility index (Phi) is 6.43. The van der Waals surface area contributed by atoms with Gasteiger partial charge in [0.1, 0.15) is 17.2 Å². The molecule has 0 unspecified atom stereocenters. The lowest BCUT2D eigenvalue weighted by molar-refractivity contribution is 0.0696. The molecule has 0 amide bonds. The number of ether oxygens (including phenoxy) is 1. The van der Waals surface area contributed by atoms with Crippen LogP contribution in [0.25, 0.3) is 0 Å². The number of nitrogen functional groups attached to an aromatic ring is 2. The molecule has 0 radical (unpaired) electrons. The number of nitrogens with two attached hydrogens (primary N) is 2. The van der Waals surface area contributed by atoms with E-state index in [0.29, 0.717) is 0 Å². The number of hydrogen-bond donors (Lipinski definition) is 5. The Morgan fingerprint density at radius 1 is 0.679 bits per heavy atom. The molecule has 3 rings (SSSR count). The van der Waals surface area contributed by atoms with Crippen molar-refractivity contribution in [3.05, 3.63) is 77.9 Å². The Labute approximate surface area is 160 Å². The molecule has 0 heterocycles. The van der Waals surface area contributed by atoms with Crippen LogP contribution in [0.5, 0.6) is 17.2 Å². The number of anilines is 2. The molecule has 28 heavy (non-hydrogen) atoms. The van der Waals surface area contributed by atoms with Crippen LogP contribution in [0.4, 0.5) is 11.4 Å². The minimum Gasteiger partial charge on any atom is -0.508 e. The van der Waals surface area contributed by atoms with Gasteiger partial charge in [0.25, 0.3) is 0 Å². The zero-order chi connectivity index (χ0) is 20.7. The molecule has 0 saturated carbocycles. The van der Waals surface area contributed by atoms with Crippen molar-refractivity contribution in [3.8, 4) is 17.2 Å². The third-order valence-electron chi connectivity index (χ3n) is 3.41. The molecule has 144 valence electrons. The van der Waals surface area contributed by atoms with Crippen LogP contribution < -0.4 is 16.2 Å². The van der Waals surface area contributed by atoms with Crippen LogP contribution in [0.2, 0.25) is 0 Å². The molecule has 0 aromatic heterocycles. The number of carboxylic acids is 2. The van der Waals surface area contributed by atoms with Crippen molar-refractivity contribution in [1.82, 2.24) is 0 Å². The highest BCUT2D eigenvalue weighted by atomic mass is 16.5. The topological polar surface area (TPSA) is 156 Å². The lowest BCUT2D eigenvalue weighted by atomic mass is 10.1. The summed E-state index contributed by atoms with van der Waals surface area (Å²) in [4.78, 5) is 20.8. The number of carboxylic acid groups (broad SMARTS) is 2. The second-order valence-electron chi connectivity index (χ2n) is 5.62. The third kappa shape index (κ3) is 5.95. The Bertz CT molecular complexity index is 893. The molecule has 0 bridgehead atoms. The van der Waals surface area contributed by atoms with Gasteiger partial charge in [0, 0.05) is 11.4 Å². The van der Waals surface area contributed by atoms with Crippen LogP contribution in [-0.4, -0.2) is 27.3 Å². The van der Waals surface area contributed by atoms with Gasteiger partial charge in [0.05, 0.1) is 11.1 Å². The highest BCUT2D eigenvalue weighted by Gasteiger charge is 2.10. The summed E-state index contributed by atoms with van der Waals surface area (Å²) in [5.41, 5.74) is 12.1. The second-order valence-corrected chi connectivity index (χ2v) is 5.62. The van der Waals surface area contributed by atoms with Crippen LogP contribution in [-0.2, 0) is 0 Å². The summed E-state index contributed by atoms with van der Waals surface area (Å²) in [5.74, 6) is -1.42. The first-order valence-corrected chi connectivity index (χ1v) is 7.94. The SMILES string of the molecule is Nc1ccc(Oc2ccc(N)cc2)cc1.O=C(O)c1cc(O)cc(C(=O)O)c1. The first-order chi connectivity index (χ1) is 13.2. The van der Waals surface area contributed by atoms with Gasteiger partial charge in [-0.05, 0) is 66.7 Å². The largest absolute Gasteiger partial charge is 0.508 e. The summed E-state index contributed by atoms with van der Waals surface area (Å²) < 4.78 is 5.58. The molecule has 8 nitrogen and oxygen atoms in total. The number of carbonyl (C=O) groups is 2. The molecule has 7 N–H and O–H groups in total. The van der Waals surface area contributed by atoms with Gasteiger partial charge >= 0.3 is 11.9 Å². The number of aromatic carboxylic acids is 2. The van der Waals surface area contributed by atoms with E-state index in [2.05, 4.69) is 0 Å². The van der Waals surface area contributed by atoms with E-state index < -0.39 is 11.9 Å². The number of aromatic hydroxyl groups is 1. The van der Waals surface area contributed by atoms with Gasteiger partial charge in [-0.1, -0.05) is 0 Å². The van der Waals surface area contributed by atoms with Crippen molar-refractivity contribution in [2.24, 2.45) is 0 Å². The van der Waals surface area contributed by atoms with Crippen molar-refractivity contribution >= 4 is 23.3 Å². The van der Waals surface area contributed by atoms with E-state index in [1.165, 1.54) is 0 Å². The number of hydrogen-bond acceptors (Lipinski definition) is 6. The summed E-state index contributed by atoms with van der Waals surface area (Å²) in [7, 11) is 0. The maximum atomic E-state index is 10.4. The van der Waals surface area contributed by atoms with Gasteiger partial charge in [0.15, 0.2) is 0 Å². The summed E-state index contributed by atoms with van der Waals surface area (Å²) >= 11 is 0. The van der Waals surface area contributed by atoms with Gasteiger partial charge in [0.2, 0.25) is 0 Å². The molecule has 0 aliphatic carbocycles. The average Bonchev–Trinajstić information content (AvgIpc) is 2.65. The zero-order valence-electron chi connectivity index (χ0n) is 14.6. The Morgan fingerprint density at radius 3 is 1.36 bits per heavy atom. The monoisotopic (exact) mass is 382 g/mol. The van der Waals surface area contributed by atoms with E-state index in [1.807, 2.05) is 24.3 Å². The molecule has 0 spiro atoms. The van der Waals surface area contributed by atoms with E-state index in [1.54, 1.807) is 24.3 Å². The number of benzene rings is 3. The van der Waals surface area contributed by atoms with E-state index >= 15 is 0 Å². The maximum Gasteiger partial charge on any atom is 0.335 e. The lowest BCUT2D eigenvalue weighted by Crippen LogP contribution is -2.01. The van der Waals surface area contributed by atoms with Crippen molar-refractivity contribution in [2.45, 2.75) is 0 Å². The number of phenols is 1. The minimum absolute atomic E-state index is 0.252. The molecule has 0 aliphatic rings. The summed E-state index contributed by atoms with van der Waals surface area (Å²) in [6.45, 7) is 0. The highest BCUT2D eigenvalue weighted by Crippen LogP contribution is 2.22. The molecule has 0 fully saturated rings. The Balaban J connectivity index is 0.000000203. The predicted molar refractivity (Wildman–Crippen MR) is 104 cm³/mol. The second kappa shape index (κ2) is 8.95. The Morgan fingerprint density at radius 2 is 1.04 bits per heavy atom. The van der Waals surface area contributed by atoms with Crippen LogP contribution in [0.15, 0.2) is 66.7 Å². The molecule has 0 aliphatic heterocycles. The third-order valence-corrected chi connectivity index (χ3v) is 3.41. The summed E-state index contributed by atoms with van der Waals surface area (Å²) in [6, 6.07) is 17.4. The van der Waals surface area contributed by atoms with Gasteiger partial charge in [-0.3, -0.25) is 0 Å². The molecule has 8 heteroatoms. The van der Waals surface area contributed by atoms with Gasteiger partial charge in [-0.25, -0.2) is 9.59 Å². The molecule has 3 aromatic rings. The fraction of sp³-hybridized carbons (Fsp3) is 0. The van der Waals surface area contributed by atoms with Crippen molar-refractivity contribution in [3.63, 3.8) is 0 Å². The normalized spacial score (nSPS) is 9.71. The number of rotatable bonds is 4. The van der Waals surface area contributed by atoms with Crippen LogP contribution in [0.1, 0.15) is 20.7 Å². The van der Waals surface area contributed by atoms with Crippen molar-refractivity contribution in [1.29, 1.82) is 0 Å². The molecule has 0 atom stereocenters. The van der Waals surface area contributed by atoms with Gasteiger partial charge in [-0.2, -0.15) is 0 Å². The van der Waals surface area contributed by atoms with Crippen molar-refractivity contribution in [2.75, 3.05) is 11.5 Å². The molecule has 3 aromatic carbocycles. The molecular weight excluding hydrogens is 364 g/mol. The lowest BCUT2D eigenvalue weighted by Gasteiger charge is -2.05. The van der Waals surface area contributed by atoms with E-state index in [-0.39, 0.29) is 16.9 Å². The zero-order valence-corrected chi connectivity index (χ0v) is 14.6. The van der Waals surface area contributed by atoms with E-state index in [4.69, 9.17) is 31.5 Å². The Hall–Kier alpha value is -4.20. The van der Waals surface area contributed by atoms with Crippen LogP contribution in [0, 0.1) is 0 Å². The van der Waals surface area contributed by atoms with Gasteiger partial charge < -0.3 is 31.5 Å². The van der Waals surface area contributed by atoms with Crippen LogP contribution >= 0.6 is 0 Å². The average molecular weight is 382 g/mol. The standard InChI is InChI=1S/C12H12N2O.C8H6O5/c13-9-1-5-11(6-2-9)15-12-7-3-10(14)4-8-12;9-6-2-4(7(10)11)1-5(3-6)8(12)13/h1-8H,13-14H2;1-3,9H,(H,10,11)(H,12,13). The fourth-order valence-corrected chi connectivity index (χ4v) is 2.07. The quantitative estimate of drug-likeness (QED) is 0.430. The van der Waals surface area contributed by atoms with E-state index in [0.717, 1.165) is 41.1 Å². The summed E-state index contributed by atoms with van der Waals surface area (Å²) in [6.07, 6.45) is 0. The predicted octanol–water partition coefficient (Wildman–Crippen LogP) is 3.43. The first-order valence-electron chi connectivity index (χ1n) is 7.94. The first kappa shape index (κ1) is 20.1. The maximum absolute atomic E-state index is 10.4. The minimum atomic E-state index is -1.28. The van der Waals surface area contributed by atoms with E-state index in [9.17, 15) is 9.59 Å². The van der Waals surface area contributed by atoms with Crippen LogP contribution in [0.3, 0.4) is 0 Å². The molecular formula is C20H18N2O6. The summed E-state index contributed by atoms with van der Waals surface area (Å²) in [5, 5.41) is 26.0. The highest BCUT2D eigenvalue weighted by molar-refractivity contribution is 5.94. The fourth-order valence-electron chi connectivity index (χ4n) is 2.07. The van der Waals surface area contributed by atoms with Crippen molar-refractivity contribution < 1.29 is 29.6 Å². The number of phenolic OH excluding ortho intramolecular Hbond substituents is 1. The smallest absolute Gasteiger partial charge is 0.335 e.